The second-order valence-electron chi connectivity index (χ2n) is 5.27. The van der Waals surface area contributed by atoms with Gasteiger partial charge in [-0.1, -0.05) is 0 Å². The molecule has 2 N–H and O–H groups in total. The first-order valence-corrected chi connectivity index (χ1v) is 7.00. The molecule has 2 heterocycles. The van der Waals surface area contributed by atoms with Crippen LogP contribution in [0.3, 0.4) is 0 Å². The smallest absolute Gasteiger partial charge is 0.182 e. The van der Waals surface area contributed by atoms with Gasteiger partial charge in [-0.2, -0.15) is 0 Å². The Morgan fingerprint density at radius 2 is 2.33 bits per heavy atom. The van der Waals surface area contributed by atoms with Crippen LogP contribution in [0.2, 0.25) is 0 Å². The summed E-state index contributed by atoms with van der Waals surface area (Å²) in [6, 6.07) is 5.55. The number of tetrazole rings is 1. The molecule has 0 spiro atoms. The lowest BCUT2D eigenvalue weighted by Gasteiger charge is -2.14. The summed E-state index contributed by atoms with van der Waals surface area (Å²) in [7, 11) is 1.59. The zero-order chi connectivity index (χ0) is 14.8. The maximum Gasteiger partial charge on any atom is 0.182 e. The van der Waals surface area contributed by atoms with Gasteiger partial charge in [-0.15, -0.1) is 5.10 Å². The Bertz CT molecular complexity index is 628. The van der Waals surface area contributed by atoms with Gasteiger partial charge in [0.15, 0.2) is 5.82 Å². The number of hydrogen-bond acceptors (Lipinski definition) is 6. The molecular weight excluding hydrogens is 270 g/mol. The third-order valence-corrected chi connectivity index (χ3v) is 3.96. The van der Waals surface area contributed by atoms with Gasteiger partial charge in [0.2, 0.25) is 0 Å². The van der Waals surface area contributed by atoms with E-state index in [2.05, 4.69) is 22.4 Å². The van der Waals surface area contributed by atoms with E-state index < -0.39 is 0 Å². The Morgan fingerprint density at radius 1 is 1.48 bits per heavy atom. The first-order valence-electron chi connectivity index (χ1n) is 7.00. The van der Waals surface area contributed by atoms with Gasteiger partial charge in [-0.05, 0) is 42.0 Å². The van der Waals surface area contributed by atoms with Crippen molar-refractivity contribution in [2.45, 2.75) is 26.0 Å². The van der Waals surface area contributed by atoms with Crippen molar-refractivity contribution in [1.82, 2.24) is 20.2 Å². The number of nitrogens with two attached hydrogens (primary N) is 1. The summed E-state index contributed by atoms with van der Waals surface area (Å²) in [5, 5.41) is 12.0. The normalized spacial score (nSPS) is 21.6. The zero-order valence-electron chi connectivity index (χ0n) is 12.2. The predicted octanol–water partition coefficient (Wildman–Crippen LogP) is 1.36. The summed E-state index contributed by atoms with van der Waals surface area (Å²) in [4.78, 5) is 0. The molecule has 1 saturated heterocycles. The molecule has 1 aromatic carbocycles. The van der Waals surface area contributed by atoms with Crippen LogP contribution < -0.4 is 10.5 Å². The second kappa shape index (κ2) is 5.69. The van der Waals surface area contributed by atoms with Crippen molar-refractivity contribution in [3.8, 4) is 17.1 Å². The average Bonchev–Trinajstić information content (AvgIpc) is 3.10. The van der Waals surface area contributed by atoms with Crippen LogP contribution in [0.4, 0.5) is 5.69 Å². The fourth-order valence-electron chi connectivity index (χ4n) is 2.62. The molecule has 21 heavy (non-hydrogen) atoms. The highest BCUT2D eigenvalue weighted by Gasteiger charge is 2.26. The highest BCUT2D eigenvalue weighted by molar-refractivity contribution is 5.65. The molecule has 2 unspecified atom stereocenters. The van der Waals surface area contributed by atoms with Crippen molar-refractivity contribution in [1.29, 1.82) is 0 Å². The van der Waals surface area contributed by atoms with E-state index in [9.17, 15) is 0 Å². The quantitative estimate of drug-likeness (QED) is 0.855. The summed E-state index contributed by atoms with van der Waals surface area (Å²) >= 11 is 0. The largest absolute Gasteiger partial charge is 0.495 e. The fourth-order valence-corrected chi connectivity index (χ4v) is 2.62. The Balaban J connectivity index is 1.88. The lowest BCUT2D eigenvalue weighted by molar-refractivity contribution is 0.101. The molecule has 0 amide bonds. The van der Waals surface area contributed by atoms with Gasteiger partial charge < -0.3 is 15.2 Å². The lowest BCUT2D eigenvalue weighted by Crippen LogP contribution is -2.19. The molecule has 2 atom stereocenters. The summed E-state index contributed by atoms with van der Waals surface area (Å²) in [5.41, 5.74) is 7.32. The zero-order valence-corrected chi connectivity index (χ0v) is 12.2. The van der Waals surface area contributed by atoms with Gasteiger partial charge in [0, 0.05) is 18.1 Å². The Kier molecular flexibility index (Phi) is 3.74. The minimum Gasteiger partial charge on any atom is -0.495 e. The Hall–Kier alpha value is -2.15. The van der Waals surface area contributed by atoms with E-state index in [1.54, 1.807) is 13.2 Å². The molecule has 3 rings (SSSR count). The van der Waals surface area contributed by atoms with Gasteiger partial charge in [-0.25, -0.2) is 4.68 Å². The second-order valence-corrected chi connectivity index (χ2v) is 5.27. The maximum absolute atomic E-state index is 5.84. The van der Waals surface area contributed by atoms with Crippen LogP contribution in [0, 0.1) is 5.92 Å². The molecule has 1 aliphatic rings. The minimum absolute atomic E-state index is 0.239. The molecule has 7 nitrogen and oxygen atoms in total. The average molecular weight is 289 g/mol. The van der Waals surface area contributed by atoms with E-state index in [4.69, 9.17) is 15.2 Å². The number of ether oxygens (including phenoxy) is 2. The molecule has 0 saturated carbocycles. The van der Waals surface area contributed by atoms with Crippen LogP contribution in [-0.4, -0.2) is 40.0 Å². The SMILES string of the molecule is COc1cc(-c2nnnn2CC2CCOC2C)ccc1N. The first kappa shape index (κ1) is 13.8. The number of hydrogen-bond donors (Lipinski definition) is 1. The molecule has 0 bridgehead atoms. The minimum atomic E-state index is 0.239. The number of benzene rings is 1. The van der Waals surface area contributed by atoms with Gasteiger partial charge in [0.1, 0.15) is 5.75 Å². The standard InChI is InChI=1S/C14H19N5O2/c1-9-11(5-6-21-9)8-19-14(16-17-18-19)10-3-4-12(15)13(7-10)20-2/h3-4,7,9,11H,5-6,8,15H2,1-2H3. The number of rotatable bonds is 4. The molecule has 0 aliphatic carbocycles. The Morgan fingerprint density at radius 3 is 3.05 bits per heavy atom. The molecule has 0 radical (unpaired) electrons. The summed E-state index contributed by atoms with van der Waals surface area (Å²) < 4.78 is 12.7. The van der Waals surface area contributed by atoms with E-state index in [1.165, 1.54) is 0 Å². The molecule has 1 aromatic heterocycles. The van der Waals surface area contributed by atoms with E-state index in [-0.39, 0.29) is 6.10 Å². The molecule has 112 valence electrons. The number of aromatic nitrogens is 4. The van der Waals surface area contributed by atoms with E-state index in [1.807, 2.05) is 16.8 Å². The fraction of sp³-hybridized carbons (Fsp3) is 0.500. The molecule has 7 heteroatoms. The maximum atomic E-state index is 5.84. The highest BCUT2D eigenvalue weighted by Crippen LogP contribution is 2.28. The van der Waals surface area contributed by atoms with Gasteiger partial charge in [0.25, 0.3) is 0 Å². The topological polar surface area (TPSA) is 88.1 Å². The number of nitrogens with zero attached hydrogens (tertiary/aromatic N) is 4. The lowest BCUT2D eigenvalue weighted by atomic mass is 10.0. The summed E-state index contributed by atoms with van der Waals surface area (Å²) in [6.07, 6.45) is 1.27. The van der Waals surface area contributed by atoms with Crippen LogP contribution >= 0.6 is 0 Å². The van der Waals surface area contributed by atoms with Crippen LogP contribution in [-0.2, 0) is 11.3 Å². The van der Waals surface area contributed by atoms with Crippen LogP contribution in [0.5, 0.6) is 5.75 Å². The van der Waals surface area contributed by atoms with Crippen molar-refractivity contribution in [3.63, 3.8) is 0 Å². The van der Waals surface area contributed by atoms with Gasteiger partial charge in [-0.3, -0.25) is 0 Å². The van der Waals surface area contributed by atoms with Gasteiger partial charge >= 0.3 is 0 Å². The van der Waals surface area contributed by atoms with Crippen molar-refractivity contribution in [2.24, 2.45) is 5.92 Å². The van der Waals surface area contributed by atoms with Crippen molar-refractivity contribution < 1.29 is 9.47 Å². The third-order valence-electron chi connectivity index (χ3n) is 3.96. The number of anilines is 1. The first-order chi connectivity index (χ1) is 10.2. The van der Waals surface area contributed by atoms with Crippen molar-refractivity contribution >= 4 is 5.69 Å². The molecular formula is C14H19N5O2. The number of methoxy groups -OCH3 is 1. The Labute approximate surface area is 123 Å². The molecule has 1 fully saturated rings. The van der Waals surface area contributed by atoms with Gasteiger partial charge in [0.05, 0.1) is 25.4 Å². The monoisotopic (exact) mass is 289 g/mol. The highest BCUT2D eigenvalue weighted by atomic mass is 16.5. The molecule has 1 aliphatic heterocycles. The van der Waals surface area contributed by atoms with Crippen LogP contribution in [0.15, 0.2) is 18.2 Å². The van der Waals surface area contributed by atoms with Crippen molar-refractivity contribution in [3.05, 3.63) is 18.2 Å². The number of nitrogen functional groups attached to an aromatic ring is 1. The van der Waals surface area contributed by atoms with E-state index >= 15 is 0 Å². The van der Waals surface area contributed by atoms with Crippen LogP contribution in [0.1, 0.15) is 13.3 Å². The summed E-state index contributed by atoms with van der Waals surface area (Å²) in [6.45, 7) is 3.64. The molecule has 2 aromatic rings. The van der Waals surface area contributed by atoms with E-state index in [0.717, 1.165) is 25.1 Å². The van der Waals surface area contributed by atoms with Crippen LogP contribution in [0.25, 0.3) is 11.4 Å². The third kappa shape index (κ3) is 2.69. The predicted molar refractivity (Wildman–Crippen MR) is 77.7 cm³/mol. The van der Waals surface area contributed by atoms with E-state index in [0.29, 0.717) is 23.2 Å². The summed E-state index contributed by atoms with van der Waals surface area (Å²) in [5.74, 6) is 1.77. The van der Waals surface area contributed by atoms with Crippen molar-refractivity contribution in [2.75, 3.05) is 19.5 Å².